The highest BCUT2D eigenvalue weighted by Crippen LogP contribution is 2.31. The van der Waals surface area contributed by atoms with Gasteiger partial charge >= 0.3 is 6.18 Å². The first-order chi connectivity index (χ1) is 13.2. The van der Waals surface area contributed by atoms with Gasteiger partial charge in [0.25, 0.3) is 5.91 Å². The summed E-state index contributed by atoms with van der Waals surface area (Å²) in [7, 11) is 3.15. The number of benzene rings is 1. The molecule has 0 atom stereocenters. The maximum absolute atomic E-state index is 13.0. The third-order valence-electron chi connectivity index (χ3n) is 5.39. The van der Waals surface area contributed by atoms with Crippen molar-refractivity contribution < 1.29 is 22.7 Å². The fourth-order valence-corrected chi connectivity index (χ4v) is 3.58. The molecule has 1 aromatic carbocycles. The molecular weight excluding hydrogens is 371 g/mol. The normalized spacial score (nSPS) is 20.1. The van der Waals surface area contributed by atoms with Crippen LogP contribution in [0.2, 0.25) is 0 Å². The molecule has 3 rings (SSSR count). The highest BCUT2D eigenvalue weighted by molar-refractivity contribution is 5.95. The predicted octanol–water partition coefficient (Wildman–Crippen LogP) is 4.55. The Bertz CT molecular complexity index is 839. The molecule has 1 heterocycles. The predicted molar refractivity (Wildman–Crippen MR) is 98.6 cm³/mol. The summed E-state index contributed by atoms with van der Waals surface area (Å²) in [4.78, 5) is 14.6. The second kappa shape index (κ2) is 7.85. The van der Waals surface area contributed by atoms with Gasteiger partial charge in [-0.3, -0.25) is 4.79 Å². The molecule has 0 unspecified atom stereocenters. The summed E-state index contributed by atoms with van der Waals surface area (Å²) in [5.41, 5.74) is -0.469. The SMILES string of the molecule is COc1cn(-c2cccc(C(F)(F)F)c2)nc1C(=O)N(C)C1CCC(C)CC1. The van der Waals surface area contributed by atoms with E-state index >= 15 is 0 Å². The van der Waals surface area contributed by atoms with Crippen LogP contribution in [0, 0.1) is 5.92 Å². The van der Waals surface area contributed by atoms with Crippen molar-refractivity contribution in [2.24, 2.45) is 5.92 Å². The summed E-state index contributed by atoms with van der Waals surface area (Å²) in [6.07, 6.45) is 0.972. The van der Waals surface area contributed by atoms with Crippen LogP contribution >= 0.6 is 0 Å². The van der Waals surface area contributed by atoms with E-state index in [2.05, 4.69) is 12.0 Å². The molecule has 0 aliphatic heterocycles. The van der Waals surface area contributed by atoms with E-state index in [1.165, 1.54) is 30.1 Å². The van der Waals surface area contributed by atoms with E-state index in [0.29, 0.717) is 5.92 Å². The van der Waals surface area contributed by atoms with Crippen molar-refractivity contribution in [2.45, 2.75) is 44.8 Å². The van der Waals surface area contributed by atoms with Gasteiger partial charge in [0.1, 0.15) is 0 Å². The van der Waals surface area contributed by atoms with Crippen molar-refractivity contribution in [2.75, 3.05) is 14.2 Å². The van der Waals surface area contributed by atoms with Crippen LogP contribution in [0.5, 0.6) is 5.75 Å². The van der Waals surface area contributed by atoms with E-state index < -0.39 is 11.7 Å². The lowest BCUT2D eigenvalue weighted by molar-refractivity contribution is -0.137. The number of rotatable bonds is 4. The number of methoxy groups -OCH3 is 1. The molecule has 0 spiro atoms. The Morgan fingerprint density at radius 2 is 1.93 bits per heavy atom. The zero-order valence-electron chi connectivity index (χ0n) is 16.2. The molecule has 1 amide bonds. The molecule has 1 saturated carbocycles. The Morgan fingerprint density at radius 1 is 1.25 bits per heavy atom. The minimum atomic E-state index is -4.45. The Kier molecular flexibility index (Phi) is 5.67. The number of halogens is 3. The third-order valence-corrected chi connectivity index (χ3v) is 5.39. The molecule has 2 aromatic rings. The number of aromatic nitrogens is 2. The summed E-state index contributed by atoms with van der Waals surface area (Å²) in [5.74, 6) is 0.606. The summed E-state index contributed by atoms with van der Waals surface area (Å²) < 4.78 is 45.5. The molecule has 28 heavy (non-hydrogen) atoms. The molecule has 1 aliphatic rings. The summed E-state index contributed by atoms with van der Waals surface area (Å²) >= 11 is 0. The maximum Gasteiger partial charge on any atom is 0.416 e. The Balaban J connectivity index is 1.87. The molecule has 0 N–H and O–H groups in total. The number of hydrogen-bond donors (Lipinski definition) is 0. The number of alkyl halides is 3. The second-order valence-electron chi connectivity index (χ2n) is 7.37. The van der Waals surface area contributed by atoms with Crippen molar-refractivity contribution in [1.82, 2.24) is 14.7 Å². The highest BCUT2D eigenvalue weighted by atomic mass is 19.4. The van der Waals surface area contributed by atoms with Gasteiger partial charge in [-0.1, -0.05) is 13.0 Å². The van der Waals surface area contributed by atoms with Crippen molar-refractivity contribution in [3.05, 3.63) is 41.7 Å². The van der Waals surface area contributed by atoms with Crippen LogP contribution in [0.25, 0.3) is 5.69 Å². The van der Waals surface area contributed by atoms with Gasteiger partial charge in [-0.15, -0.1) is 0 Å². The molecule has 0 bridgehead atoms. The number of carbonyl (C=O) groups excluding carboxylic acids is 1. The first-order valence-corrected chi connectivity index (χ1v) is 9.29. The van der Waals surface area contributed by atoms with Gasteiger partial charge in [-0.05, 0) is 49.8 Å². The summed E-state index contributed by atoms with van der Waals surface area (Å²) in [5, 5.41) is 4.24. The quantitative estimate of drug-likeness (QED) is 0.763. The van der Waals surface area contributed by atoms with Crippen molar-refractivity contribution in [3.8, 4) is 11.4 Å². The minimum absolute atomic E-state index is 0.0982. The zero-order chi connectivity index (χ0) is 20.5. The molecule has 1 aliphatic carbocycles. The number of carbonyl (C=O) groups is 1. The molecule has 0 radical (unpaired) electrons. The van der Waals surface area contributed by atoms with Gasteiger partial charge in [0, 0.05) is 13.1 Å². The van der Waals surface area contributed by atoms with E-state index in [-0.39, 0.29) is 29.1 Å². The molecule has 0 saturated heterocycles. The standard InChI is InChI=1S/C20H24F3N3O2/c1-13-7-9-15(10-8-13)25(2)19(27)18-17(28-3)12-26(24-18)16-6-4-5-14(11-16)20(21,22)23/h4-6,11-13,15H,7-10H2,1-3H3. The zero-order valence-corrected chi connectivity index (χ0v) is 16.2. The molecule has 8 heteroatoms. The van der Waals surface area contributed by atoms with Crippen molar-refractivity contribution in [1.29, 1.82) is 0 Å². The number of ether oxygens (including phenoxy) is 1. The van der Waals surface area contributed by atoms with E-state index in [4.69, 9.17) is 4.74 Å². The third kappa shape index (κ3) is 4.15. The van der Waals surface area contributed by atoms with Crippen LogP contribution in [0.4, 0.5) is 13.2 Å². The van der Waals surface area contributed by atoms with Gasteiger partial charge in [0.05, 0.1) is 24.6 Å². The number of nitrogens with zero attached hydrogens (tertiary/aromatic N) is 3. The summed E-state index contributed by atoms with van der Waals surface area (Å²) in [6, 6.07) is 4.93. The average Bonchev–Trinajstić information content (AvgIpc) is 3.11. The average molecular weight is 395 g/mol. The number of hydrogen-bond acceptors (Lipinski definition) is 3. The van der Waals surface area contributed by atoms with Gasteiger partial charge in [-0.2, -0.15) is 18.3 Å². The van der Waals surface area contributed by atoms with E-state index in [0.717, 1.165) is 37.8 Å². The lowest BCUT2D eigenvalue weighted by Crippen LogP contribution is -2.39. The van der Waals surface area contributed by atoms with E-state index in [1.54, 1.807) is 11.9 Å². The molecule has 1 aromatic heterocycles. The lowest BCUT2D eigenvalue weighted by Gasteiger charge is -2.33. The van der Waals surface area contributed by atoms with E-state index in [1.807, 2.05) is 0 Å². The van der Waals surface area contributed by atoms with Crippen LogP contribution in [0.3, 0.4) is 0 Å². The first-order valence-electron chi connectivity index (χ1n) is 9.29. The Morgan fingerprint density at radius 3 is 2.54 bits per heavy atom. The highest BCUT2D eigenvalue weighted by Gasteiger charge is 2.31. The monoisotopic (exact) mass is 395 g/mol. The van der Waals surface area contributed by atoms with Crippen molar-refractivity contribution in [3.63, 3.8) is 0 Å². The van der Waals surface area contributed by atoms with E-state index in [9.17, 15) is 18.0 Å². The second-order valence-corrected chi connectivity index (χ2v) is 7.37. The molecule has 1 fully saturated rings. The molecule has 5 nitrogen and oxygen atoms in total. The minimum Gasteiger partial charge on any atom is -0.493 e. The maximum atomic E-state index is 13.0. The Labute approximate surface area is 162 Å². The molecular formula is C20H24F3N3O2. The fraction of sp³-hybridized carbons (Fsp3) is 0.500. The van der Waals surface area contributed by atoms with Crippen LogP contribution in [0.1, 0.15) is 48.7 Å². The number of amides is 1. The van der Waals surface area contributed by atoms with Crippen LogP contribution in [0.15, 0.2) is 30.5 Å². The molecule has 152 valence electrons. The van der Waals surface area contributed by atoms with Crippen LogP contribution in [-0.4, -0.2) is 40.8 Å². The van der Waals surface area contributed by atoms with Crippen LogP contribution < -0.4 is 4.74 Å². The lowest BCUT2D eigenvalue weighted by atomic mass is 9.86. The fourth-order valence-electron chi connectivity index (χ4n) is 3.58. The van der Waals surface area contributed by atoms with Crippen molar-refractivity contribution >= 4 is 5.91 Å². The van der Waals surface area contributed by atoms with Gasteiger partial charge in [-0.25, -0.2) is 4.68 Å². The largest absolute Gasteiger partial charge is 0.493 e. The first kappa shape index (κ1) is 20.2. The smallest absolute Gasteiger partial charge is 0.416 e. The van der Waals surface area contributed by atoms with Gasteiger partial charge in [0.2, 0.25) is 0 Å². The van der Waals surface area contributed by atoms with Gasteiger partial charge in [0.15, 0.2) is 11.4 Å². The topological polar surface area (TPSA) is 47.4 Å². The van der Waals surface area contributed by atoms with Gasteiger partial charge < -0.3 is 9.64 Å². The van der Waals surface area contributed by atoms with Crippen LogP contribution in [-0.2, 0) is 6.18 Å². The Hall–Kier alpha value is -2.51. The summed E-state index contributed by atoms with van der Waals surface area (Å²) in [6.45, 7) is 2.21.